The Bertz CT molecular complexity index is 1050. The van der Waals surface area contributed by atoms with Gasteiger partial charge in [0.25, 0.3) is 5.91 Å². The summed E-state index contributed by atoms with van der Waals surface area (Å²) in [7, 11) is 0. The third kappa shape index (κ3) is 4.62. The Morgan fingerprint density at radius 3 is 2.56 bits per heavy atom. The summed E-state index contributed by atoms with van der Waals surface area (Å²) in [5.74, 6) is -0.228. The van der Waals surface area contributed by atoms with Crippen LogP contribution in [0.5, 0.6) is 5.75 Å². The van der Waals surface area contributed by atoms with Crippen LogP contribution in [-0.4, -0.2) is 11.0 Å². The average molecular weight is 354 g/mol. The van der Waals surface area contributed by atoms with Gasteiger partial charge in [0, 0.05) is 6.54 Å². The maximum absolute atomic E-state index is 12.3. The molecule has 0 aliphatic heterocycles. The molecule has 3 rings (SSSR count). The van der Waals surface area contributed by atoms with Crippen molar-refractivity contribution in [3.8, 4) is 11.8 Å². The summed E-state index contributed by atoms with van der Waals surface area (Å²) in [6.07, 6.45) is 4.88. The lowest BCUT2D eigenvalue weighted by atomic mass is 10.0. The number of aromatic hydroxyl groups is 1. The lowest BCUT2D eigenvalue weighted by Crippen LogP contribution is -2.24. The number of nitriles is 1. The average Bonchev–Trinajstić information content (AvgIpc) is 2.70. The van der Waals surface area contributed by atoms with Crippen LogP contribution in [0.25, 0.3) is 16.8 Å². The Morgan fingerprint density at radius 1 is 1.04 bits per heavy atom. The number of rotatable bonds is 5. The van der Waals surface area contributed by atoms with E-state index in [0.29, 0.717) is 6.54 Å². The molecular formula is C23H18N2O2. The van der Waals surface area contributed by atoms with Gasteiger partial charge >= 0.3 is 0 Å². The molecule has 4 heteroatoms. The van der Waals surface area contributed by atoms with Crippen LogP contribution >= 0.6 is 0 Å². The van der Waals surface area contributed by atoms with E-state index in [9.17, 15) is 15.2 Å². The van der Waals surface area contributed by atoms with Crippen LogP contribution in [0.3, 0.4) is 0 Å². The first kappa shape index (κ1) is 18.0. The molecule has 3 aromatic carbocycles. The van der Waals surface area contributed by atoms with Crippen molar-refractivity contribution in [2.45, 2.75) is 6.54 Å². The Balaban J connectivity index is 1.68. The number of fused-ring (bicyclic) bond motifs is 1. The van der Waals surface area contributed by atoms with Gasteiger partial charge in [-0.25, -0.2) is 0 Å². The van der Waals surface area contributed by atoms with Crippen molar-refractivity contribution >= 4 is 22.8 Å². The highest BCUT2D eigenvalue weighted by atomic mass is 16.3. The normalized spacial score (nSPS) is 11.4. The fraction of sp³-hybridized carbons (Fsp3) is 0.0435. The topological polar surface area (TPSA) is 73.1 Å². The largest absolute Gasteiger partial charge is 0.508 e. The number of carbonyl (C=O) groups excluding carboxylic acids is 1. The van der Waals surface area contributed by atoms with Crippen molar-refractivity contribution in [1.29, 1.82) is 5.26 Å². The summed E-state index contributed by atoms with van der Waals surface area (Å²) in [5.41, 5.74) is 1.89. The van der Waals surface area contributed by atoms with Gasteiger partial charge in [-0.05, 0) is 40.1 Å². The Kier molecular flexibility index (Phi) is 5.66. The van der Waals surface area contributed by atoms with Crippen molar-refractivity contribution in [3.63, 3.8) is 0 Å². The first-order valence-corrected chi connectivity index (χ1v) is 8.50. The number of carbonyl (C=O) groups is 1. The molecule has 4 nitrogen and oxygen atoms in total. The molecule has 0 aliphatic carbocycles. The zero-order valence-corrected chi connectivity index (χ0v) is 14.6. The van der Waals surface area contributed by atoms with Crippen molar-refractivity contribution in [3.05, 3.63) is 95.6 Å². The van der Waals surface area contributed by atoms with Crippen LogP contribution in [0.1, 0.15) is 11.1 Å². The molecule has 0 bridgehead atoms. The molecule has 0 aliphatic rings. The third-order valence-corrected chi connectivity index (χ3v) is 4.13. The molecule has 0 aromatic heterocycles. The van der Waals surface area contributed by atoms with Crippen molar-refractivity contribution < 1.29 is 9.90 Å². The summed E-state index contributed by atoms with van der Waals surface area (Å²) in [6, 6.07) is 22.5. The minimum absolute atomic E-state index is 0.0327. The molecule has 0 saturated carbocycles. The lowest BCUT2D eigenvalue weighted by molar-refractivity contribution is -0.117. The Hall–Kier alpha value is -3.84. The van der Waals surface area contributed by atoms with Crippen molar-refractivity contribution in [2.75, 3.05) is 0 Å². The van der Waals surface area contributed by atoms with E-state index in [1.165, 1.54) is 6.08 Å². The molecular weight excluding hydrogens is 336 g/mol. The van der Waals surface area contributed by atoms with Gasteiger partial charge in [-0.3, -0.25) is 4.79 Å². The summed E-state index contributed by atoms with van der Waals surface area (Å²) in [4.78, 5) is 12.3. The SMILES string of the molecule is N#C/C(=C\C=C\c1ccc(O)cc1)C(=O)NCc1cccc2ccccc12. The predicted molar refractivity (Wildman–Crippen MR) is 107 cm³/mol. The van der Waals surface area contributed by atoms with E-state index >= 15 is 0 Å². The number of allylic oxidation sites excluding steroid dienone is 2. The smallest absolute Gasteiger partial charge is 0.262 e. The van der Waals surface area contributed by atoms with Crippen LogP contribution < -0.4 is 5.32 Å². The van der Waals surface area contributed by atoms with E-state index in [2.05, 4.69) is 5.32 Å². The minimum atomic E-state index is -0.416. The standard InChI is InChI=1S/C23H18N2O2/c24-15-19(8-3-5-17-11-13-21(26)14-12-17)23(27)25-16-20-9-4-7-18-6-1-2-10-22(18)20/h1-14,26H,16H2,(H,25,27)/b5-3+,19-8+. The summed E-state index contributed by atoms with van der Waals surface area (Å²) in [5, 5.41) is 23.5. The molecule has 27 heavy (non-hydrogen) atoms. The highest BCUT2D eigenvalue weighted by Gasteiger charge is 2.08. The van der Waals surface area contributed by atoms with E-state index < -0.39 is 5.91 Å². The molecule has 1 amide bonds. The van der Waals surface area contributed by atoms with Gasteiger partial charge in [-0.2, -0.15) is 5.26 Å². The van der Waals surface area contributed by atoms with Gasteiger partial charge in [0.15, 0.2) is 0 Å². The Morgan fingerprint density at radius 2 is 1.78 bits per heavy atom. The summed E-state index contributed by atoms with van der Waals surface area (Å²) in [6.45, 7) is 0.348. The number of nitrogens with one attached hydrogen (secondary N) is 1. The van der Waals surface area contributed by atoms with E-state index in [4.69, 9.17) is 0 Å². The van der Waals surface area contributed by atoms with Crippen LogP contribution in [0.2, 0.25) is 0 Å². The minimum Gasteiger partial charge on any atom is -0.508 e. The molecule has 132 valence electrons. The zero-order valence-electron chi connectivity index (χ0n) is 14.6. The highest BCUT2D eigenvalue weighted by molar-refractivity contribution is 5.98. The summed E-state index contributed by atoms with van der Waals surface area (Å²) >= 11 is 0. The molecule has 0 atom stereocenters. The van der Waals surface area contributed by atoms with Gasteiger partial charge in [-0.15, -0.1) is 0 Å². The first-order valence-electron chi connectivity index (χ1n) is 8.50. The molecule has 3 aromatic rings. The van der Waals surface area contributed by atoms with Gasteiger partial charge < -0.3 is 10.4 Å². The Labute approximate surface area is 157 Å². The van der Waals surface area contributed by atoms with E-state index in [1.54, 1.807) is 36.4 Å². The summed E-state index contributed by atoms with van der Waals surface area (Å²) < 4.78 is 0. The van der Waals surface area contributed by atoms with Crippen LogP contribution in [0.4, 0.5) is 0 Å². The molecule has 0 fully saturated rings. The third-order valence-electron chi connectivity index (χ3n) is 4.13. The van der Waals surface area contributed by atoms with Crippen LogP contribution in [0, 0.1) is 11.3 Å². The number of phenolic OH excluding ortho intramolecular Hbond substituents is 1. The molecule has 0 heterocycles. The number of hydrogen-bond acceptors (Lipinski definition) is 3. The van der Waals surface area contributed by atoms with E-state index in [0.717, 1.165) is 21.9 Å². The zero-order chi connectivity index (χ0) is 19.1. The van der Waals surface area contributed by atoms with Crippen LogP contribution in [0.15, 0.2) is 84.5 Å². The van der Waals surface area contributed by atoms with E-state index in [1.807, 2.05) is 48.5 Å². The number of nitrogens with zero attached hydrogens (tertiary/aromatic N) is 1. The van der Waals surface area contributed by atoms with Gasteiger partial charge in [0.05, 0.1) is 0 Å². The monoisotopic (exact) mass is 354 g/mol. The molecule has 0 unspecified atom stereocenters. The molecule has 0 saturated heterocycles. The maximum atomic E-state index is 12.3. The van der Waals surface area contributed by atoms with E-state index in [-0.39, 0.29) is 11.3 Å². The quantitative estimate of drug-likeness (QED) is 0.407. The predicted octanol–water partition coefficient (Wildman–Crippen LogP) is 4.32. The number of benzene rings is 3. The second kappa shape index (κ2) is 8.50. The fourth-order valence-corrected chi connectivity index (χ4v) is 2.72. The molecule has 0 spiro atoms. The first-order chi connectivity index (χ1) is 13.2. The van der Waals surface area contributed by atoms with Gasteiger partial charge in [0.1, 0.15) is 17.4 Å². The fourth-order valence-electron chi connectivity index (χ4n) is 2.72. The second-order valence-electron chi connectivity index (χ2n) is 5.96. The number of amides is 1. The van der Waals surface area contributed by atoms with Crippen molar-refractivity contribution in [1.82, 2.24) is 5.32 Å². The second-order valence-corrected chi connectivity index (χ2v) is 5.96. The number of hydrogen-bond donors (Lipinski definition) is 2. The number of phenols is 1. The highest BCUT2D eigenvalue weighted by Crippen LogP contribution is 2.18. The lowest BCUT2D eigenvalue weighted by Gasteiger charge is -2.08. The van der Waals surface area contributed by atoms with Gasteiger partial charge in [-0.1, -0.05) is 66.7 Å². The molecule has 0 radical (unpaired) electrons. The van der Waals surface area contributed by atoms with Gasteiger partial charge in [0.2, 0.25) is 0 Å². The van der Waals surface area contributed by atoms with Crippen LogP contribution in [-0.2, 0) is 11.3 Å². The molecule has 2 N–H and O–H groups in total. The maximum Gasteiger partial charge on any atom is 0.262 e. The van der Waals surface area contributed by atoms with Crippen molar-refractivity contribution in [2.24, 2.45) is 0 Å².